The zero-order chi connectivity index (χ0) is 15.4. The summed E-state index contributed by atoms with van der Waals surface area (Å²) in [5.74, 6) is 0.367. The highest BCUT2D eigenvalue weighted by Gasteiger charge is 2.16. The third kappa shape index (κ3) is 3.86. The minimum absolute atomic E-state index is 0.0791. The first-order valence-electron chi connectivity index (χ1n) is 6.94. The van der Waals surface area contributed by atoms with Crippen molar-refractivity contribution in [1.82, 2.24) is 9.97 Å². The Labute approximate surface area is 124 Å². The molecule has 5 heteroatoms. The molecule has 0 radical (unpaired) electrons. The largest absolute Gasteiger partial charge is 0.327 e. The van der Waals surface area contributed by atoms with Gasteiger partial charge in [0.25, 0.3) is 0 Å². The van der Waals surface area contributed by atoms with Crippen LogP contribution in [0, 0.1) is 12.8 Å². The van der Waals surface area contributed by atoms with Crippen molar-refractivity contribution in [3.05, 3.63) is 42.2 Å². The lowest BCUT2D eigenvalue weighted by Gasteiger charge is -2.15. The van der Waals surface area contributed by atoms with Crippen LogP contribution in [0.2, 0.25) is 0 Å². The van der Waals surface area contributed by atoms with Gasteiger partial charge in [-0.15, -0.1) is 0 Å². The van der Waals surface area contributed by atoms with Crippen LogP contribution in [0.5, 0.6) is 0 Å². The number of nitrogens with zero attached hydrogens (tertiary/aromatic N) is 2. The summed E-state index contributed by atoms with van der Waals surface area (Å²) in [6, 6.07) is 9.14. The first-order valence-corrected chi connectivity index (χ1v) is 6.94. The summed E-state index contributed by atoms with van der Waals surface area (Å²) < 4.78 is 0. The van der Waals surface area contributed by atoms with E-state index < -0.39 is 0 Å². The van der Waals surface area contributed by atoms with Gasteiger partial charge in [-0.1, -0.05) is 6.92 Å². The molecule has 2 atom stereocenters. The first-order chi connectivity index (χ1) is 9.97. The van der Waals surface area contributed by atoms with Crippen LogP contribution in [0.1, 0.15) is 19.5 Å². The number of anilines is 1. The monoisotopic (exact) mass is 284 g/mol. The van der Waals surface area contributed by atoms with Crippen LogP contribution in [-0.4, -0.2) is 21.9 Å². The second kappa shape index (κ2) is 6.45. The van der Waals surface area contributed by atoms with Crippen LogP contribution < -0.4 is 11.1 Å². The van der Waals surface area contributed by atoms with Gasteiger partial charge in [-0.05, 0) is 44.2 Å². The summed E-state index contributed by atoms with van der Waals surface area (Å²) in [5.41, 5.74) is 8.30. The number of hydrogen-bond acceptors (Lipinski definition) is 4. The lowest BCUT2D eigenvalue weighted by molar-refractivity contribution is -0.119. The molecule has 0 spiro atoms. The molecule has 1 aromatic carbocycles. The van der Waals surface area contributed by atoms with Crippen LogP contribution in [0.25, 0.3) is 11.4 Å². The predicted octanol–water partition coefficient (Wildman–Crippen LogP) is 2.37. The number of carbonyl (C=O) groups excluding carboxylic acids is 1. The molecule has 1 heterocycles. The fourth-order valence-corrected chi connectivity index (χ4v) is 1.79. The molecule has 5 nitrogen and oxygen atoms in total. The Hall–Kier alpha value is -2.27. The van der Waals surface area contributed by atoms with E-state index in [0.717, 1.165) is 16.9 Å². The van der Waals surface area contributed by atoms with Crippen LogP contribution in [-0.2, 0) is 4.79 Å². The molecule has 0 bridgehead atoms. The second-order valence-corrected chi connectivity index (χ2v) is 5.24. The van der Waals surface area contributed by atoms with Gasteiger partial charge in [-0.2, -0.15) is 0 Å². The number of aromatic nitrogens is 2. The van der Waals surface area contributed by atoms with E-state index >= 15 is 0 Å². The minimum Gasteiger partial charge on any atom is -0.327 e. The molecule has 2 aromatic rings. The normalized spacial score (nSPS) is 13.5. The van der Waals surface area contributed by atoms with Crippen molar-refractivity contribution in [3.8, 4) is 11.4 Å². The van der Waals surface area contributed by atoms with Crippen LogP contribution in [0.4, 0.5) is 5.69 Å². The molecule has 0 saturated carbocycles. The maximum Gasteiger partial charge on any atom is 0.228 e. The smallest absolute Gasteiger partial charge is 0.228 e. The maximum atomic E-state index is 11.9. The molecule has 2 rings (SSSR count). The summed E-state index contributed by atoms with van der Waals surface area (Å²) in [6.45, 7) is 5.56. The van der Waals surface area contributed by atoms with Gasteiger partial charge in [0.2, 0.25) is 5.91 Å². The highest BCUT2D eigenvalue weighted by molar-refractivity contribution is 5.92. The molecular formula is C16H20N4O. The zero-order valence-corrected chi connectivity index (χ0v) is 12.5. The van der Waals surface area contributed by atoms with Gasteiger partial charge in [0, 0.05) is 29.2 Å². The molecule has 0 aliphatic heterocycles. The van der Waals surface area contributed by atoms with Crippen molar-refractivity contribution in [1.29, 1.82) is 0 Å². The van der Waals surface area contributed by atoms with Gasteiger partial charge in [0.1, 0.15) is 0 Å². The van der Waals surface area contributed by atoms with Crippen molar-refractivity contribution in [2.45, 2.75) is 26.8 Å². The van der Waals surface area contributed by atoms with Gasteiger partial charge < -0.3 is 11.1 Å². The van der Waals surface area contributed by atoms with Crippen molar-refractivity contribution in [3.63, 3.8) is 0 Å². The number of benzene rings is 1. The fraction of sp³-hybridized carbons (Fsp3) is 0.312. The number of carbonyl (C=O) groups is 1. The molecule has 0 saturated heterocycles. The van der Waals surface area contributed by atoms with E-state index in [1.54, 1.807) is 6.20 Å². The molecular weight excluding hydrogens is 264 g/mol. The third-order valence-electron chi connectivity index (χ3n) is 3.41. The molecule has 2 unspecified atom stereocenters. The molecule has 3 N–H and O–H groups in total. The Balaban J connectivity index is 2.11. The van der Waals surface area contributed by atoms with Gasteiger partial charge >= 0.3 is 0 Å². The Morgan fingerprint density at radius 3 is 2.43 bits per heavy atom. The Bertz CT molecular complexity index is 622. The van der Waals surface area contributed by atoms with Crippen LogP contribution >= 0.6 is 0 Å². The fourth-order valence-electron chi connectivity index (χ4n) is 1.79. The van der Waals surface area contributed by atoms with E-state index in [0.29, 0.717) is 5.82 Å². The molecule has 0 aliphatic rings. The van der Waals surface area contributed by atoms with Crippen molar-refractivity contribution in [2.75, 3.05) is 5.32 Å². The quantitative estimate of drug-likeness (QED) is 0.903. The standard InChI is InChI=1S/C16H20N4O/c1-10-8-9-18-15(19-10)13-4-6-14(7-5-13)20-16(21)11(2)12(3)17/h4-9,11-12H,17H2,1-3H3,(H,20,21). The van der Waals surface area contributed by atoms with Crippen molar-refractivity contribution in [2.24, 2.45) is 11.7 Å². The highest BCUT2D eigenvalue weighted by Crippen LogP contribution is 2.18. The molecule has 1 aromatic heterocycles. The summed E-state index contributed by atoms with van der Waals surface area (Å²) in [5, 5.41) is 2.85. The number of hydrogen-bond donors (Lipinski definition) is 2. The van der Waals surface area contributed by atoms with Gasteiger partial charge in [0.15, 0.2) is 5.82 Å². The summed E-state index contributed by atoms with van der Waals surface area (Å²) in [6.07, 6.45) is 1.73. The van der Waals surface area contributed by atoms with Crippen molar-refractivity contribution < 1.29 is 4.79 Å². The minimum atomic E-state index is -0.232. The molecule has 1 amide bonds. The number of rotatable bonds is 4. The number of amides is 1. The predicted molar refractivity (Wildman–Crippen MR) is 83.6 cm³/mol. The van der Waals surface area contributed by atoms with E-state index in [1.165, 1.54) is 0 Å². The molecule has 21 heavy (non-hydrogen) atoms. The lowest BCUT2D eigenvalue weighted by Crippen LogP contribution is -2.34. The molecule has 0 fully saturated rings. The van der Waals surface area contributed by atoms with Crippen LogP contribution in [0.3, 0.4) is 0 Å². The topological polar surface area (TPSA) is 80.9 Å². The van der Waals surface area contributed by atoms with Gasteiger partial charge in [-0.25, -0.2) is 9.97 Å². The average Bonchev–Trinajstić information content (AvgIpc) is 2.47. The second-order valence-electron chi connectivity index (χ2n) is 5.24. The summed E-state index contributed by atoms with van der Waals surface area (Å²) >= 11 is 0. The molecule has 110 valence electrons. The van der Waals surface area contributed by atoms with E-state index in [4.69, 9.17) is 5.73 Å². The van der Waals surface area contributed by atoms with E-state index in [1.807, 2.05) is 51.1 Å². The SMILES string of the molecule is Cc1ccnc(-c2ccc(NC(=O)C(C)C(C)N)cc2)n1. The number of aryl methyl sites for hydroxylation is 1. The number of nitrogens with two attached hydrogens (primary N) is 1. The Morgan fingerprint density at radius 2 is 1.86 bits per heavy atom. The van der Waals surface area contributed by atoms with Gasteiger partial charge in [0.05, 0.1) is 5.92 Å². The number of nitrogens with one attached hydrogen (secondary N) is 1. The Kier molecular flexibility index (Phi) is 4.65. The summed E-state index contributed by atoms with van der Waals surface area (Å²) in [7, 11) is 0. The zero-order valence-electron chi connectivity index (χ0n) is 12.5. The summed E-state index contributed by atoms with van der Waals surface area (Å²) in [4.78, 5) is 20.5. The highest BCUT2D eigenvalue weighted by atomic mass is 16.1. The lowest BCUT2D eigenvalue weighted by atomic mass is 10.0. The van der Waals surface area contributed by atoms with E-state index in [2.05, 4.69) is 15.3 Å². The average molecular weight is 284 g/mol. The third-order valence-corrected chi connectivity index (χ3v) is 3.41. The van der Waals surface area contributed by atoms with Gasteiger partial charge in [-0.3, -0.25) is 4.79 Å². The van der Waals surface area contributed by atoms with E-state index in [9.17, 15) is 4.79 Å². The molecule has 0 aliphatic carbocycles. The Morgan fingerprint density at radius 1 is 1.19 bits per heavy atom. The van der Waals surface area contributed by atoms with Crippen molar-refractivity contribution >= 4 is 11.6 Å². The van der Waals surface area contributed by atoms with Crippen LogP contribution in [0.15, 0.2) is 36.5 Å². The first kappa shape index (κ1) is 15.1. The van der Waals surface area contributed by atoms with E-state index in [-0.39, 0.29) is 17.9 Å². The maximum absolute atomic E-state index is 11.9.